The van der Waals surface area contributed by atoms with Crippen LogP contribution in [0.1, 0.15) is 18.9 Å². The van der Waals surface area contributed by atoms with Crippen LogP contribution in [-0.2, 0) is 11.3 Å². The van der Waals surface area contributed by atoms with Gasteiger partial charge in [0.25, 0.3) is 5.56 Å². The van der Waals surface area contributed by atoms with Crippen LogP contribution in [0.15, 0.2) is 52.4 Å². The van der Waals surface area contributed by atoms with Gasteiger partial charge in [0, 0.05) is 29.4 Å². The van der Waals surface area contributed by atoms with Gasteiger partial charge in [-0.1, -0.05) is 41.6 Å². The maximum Gasteiger partial charge on any atom is 0.262 e. The smallest absolute Gasteiger partial charge is 0.262 e. The van der Waals surface area contributed by atoms with E-state index in [2.05, 4.69) is 10.3 Å². The highest BCUT2D eigenvalue weighted by Crippen LogP contribution is 2.23. The zero-order valence-corrected chi connectivity index (χ0v) is 16.7. The zero-order chi connectivity index (χ0) is 19.4. The number of carbonyl (C=O) groups is 1. The normalized spacial score (nSPS) is 10.9. The van der Waals surface area contributed by atoms with Crippen molar-refractivity contribution in [3.63, 3.8) is 0 Å². The standard InChI is InChI=1S/C20H20ClN3O2S/c1-3-24-19(26)14-7-4-5-9-17(14)23-20(24)27-12-11-18(25)22-16-10-6-8-15(21)13(16)2/h4-10H,3,11-12H2,1-2H3,(H,22,25). The van der Waals surface area contributed by atoms with Gasteiger partial charge in [-0.3, -0.25) is 14.2 Å². The van der Waals surface area contributed by atoms with Gasteiger partial charge in [-0.25, -0.2) is 4.98 Å². The van der Waals surface area contributed by atoms with Gasteiger partial charge in [-0.05, 0) is 43.7 Å². The van der Waals surface area contributed by atoms with E-state index in [0.29, 0.717) is 45.5 Å². The lowest BCUT2D eigenvalue weighted by molar-refractivity contribution is -0.115. The molecule has 0 unspecified atom stereocenters. The molecule has 0 atom stereocenters. The van der Waals surface area contributed by atoms with E-state index in [0.717, 1.165) is 5.56 Å². The minimum atomic E-state index is -0.0981. The highest BCUT2D eigenvalue weighted by atomic mass is 35.5. The highest BCUT2D eigenvalue weighted by molar-refractivity contribution is 7.99. The van der Waals surface area contributed by atoms with Crippen LogP contribution in [-0.4, -0.2) is 21.2 Å². The first-order valence-electron chi connectivity index (χ1n) is 8.68. The fourth-order valence-electron chi connectivity index (χ4n) is 2.73. The lowest BCUT2D eigenvalue weighted by Crippen LogP contribution is -2.22. The summed E-state index contributed by atoms with van der Waals surface area (Å²) in [6, 6.07) is 12.7. The molecule has 2 aromatic carbocycles. The Morgan fingerprint density at radius 2 is 2.00 bits per heavy atom. The number of hydrogen-bond donors (Lipinski definition) is 1. The molecule has 0 fully saturated rings. The maximum atomic E-state index is 12.6. The van der Waals surface area contributed by atoms with Crippen LogP contribution in [0.4, 0.5) is 5.69 Å². The fraction of sp³-hybridized carbons (Fsp3) is 0.250. The van der Waals surface area contributed by atoms with E-state index in [4.69, 9.17) is 11.6 Å². The Hall–Kier alpha value is -2.31. The number of anilines is 1. The van der Waals surface area contributed by atoms with Crippen molar-refractivity contribution < 1.29 is 4.79 Å². The highest BCUT2D eigenvalue weighted by Gasteiger charge is 2.12. The molecule has 27 heavy (non-hydrogen) atoms. The van der Waals surface area contributed by atoms with Gasteiger partial charge in [0.2, 0.25) is 5.91 Å². The Morgan fingerprint density at radius 1 is 1.22 bits per heavy atom. The number of nitrogens with one attached hydrogen (secondary N) is 1. The summed E-state index contributed by atoms with van der Waals surface area (Å²) in [4.78, 5) is 29.4. The van der Waals surface area contributed by atoms with Gasteiger partial charge >= 0.3 is 0 Å². The summed E-state index contributed by atoms with van der Waals surface area (Å²) in [6.07, 6.45) is 0.309. The summed E-state index contributed by atoms with van der Waals surface area (Å²) in [5.41, 5.74) is 2.18. The minimum Gasteiger partial charge on any atom is -0.326 e. The number of thioether (sulfide) groups is 1. The number of amides is 1. The quantitative estimate of drug-likeness (QED) is 0.488. The van der Waals surface area contributed by atoms with Crippen molar-refractivity contribution in [2.75, 3.05) is 11.1 Å². The van der Waals surface area contributed by atoms with E-state index in [1.54, 1.807) is 22.8 Å². The van der Waals surface area contributed by atoms with Crippen molar-refractivity contribution in [2.45, 2.75) is 32.0 Å². The topological polar surface area (TPSA) is 64.0 Å². The molecular formula is C20H20ClN3O2S. The number of fused-ring (bicyclic) bond motifs is 1. The van der Waals surface area contributed by atoms with Crippen molar-refractivity contribution in [2.24, 2.45) is 0 Å². The van der Waals surface area contributed by atoms with E-state index in [1.807, 2.05) is 38.1 Å². The molecule has 0 saturated heterocycles. The molecule has 0 aliphatic rings. The number of nitrogens with zero attached hydrogens (tertiary/aromatic N) is 2. The SMILES string of the molecule is CCn1c(SCCC(=O)Nc2cccc(Cl)c2C)nc2ccccc2c1=O. The van der Waals surface area contributed by atoms with Crippen LogP contribution in [0.25, 0.3) is 10.9 Å². The number of halogens is 1. The lowest BCUT2D eigenvalue weighted by Gasteiger charge is -2.12. The Labute approximate surface area is 166 Å². The van der Waals surface area contributed by atoms with Gasteiger partial charge in [-0.2, -0.15) is 0 Å². The van der Waals surface area contributed by atoms with Crippen molar-refractivity contribution in [1.82, 2.24) is 9.55 Å². The molecule has 0 bridgehead atoms. The van der Waals surface area contributed by atoms with Crippen molar-refractivity contribution in [3.8, 4) is 0 Å². The summed E-state index contributed by atoms with van der Waals surface area (Å²) >= 11 is 7.49. The number of benzene rings is 2. The first-order valence-corrected chi connectivity index (χ1v) is 10.0. The van der Waals surface area contributed by atoms with E-state index in [-0.39, 0.29) is 11.5 Å². The van der Waals surface area contributed by atoms with Crippen molar-refractivity contribution in [3.05, 3.63) is 63.4 Å². The van der Waals surface area contributed by atoms with Crippen LogP contribution in [0, 0.1) is 6.92 Å². The molecule has 1 amide bonds. The predicted octanol–water partition coefficient (Wildman–Crippen LogP) is 4.50. The Bertz CT molecular complexity index is 1050. The summed E-state index contributed by atoms with van der Waals surface area (Å²) < 4.78 is 1.64. The fourth-order valence-corrected chi connectivity index (χ4v) is 3.90. The van der Waals surface area contributed by atoms with Gasteiger partial charge in [-0.15, -0.1) is 0 Å². The third-order valence-electron chi connectivity index (χ3n) is 4.24. The summed E-state index contributed by atoms with van der Waals surface area (Å²) in [5, 5.41) is 4.74. The van der Waals surface area contributed by atoms with Crippen molar-refractivity contribution in [1.29, 1.82) is 0 Å². The predicted molar refractivity (Wildman–Crippen MR) is 112 cm³/mol. The van der Waals surface area contributed by atoms with E-state index < -0.39 is 0 Å². The molecule has 3 aromatic rings. The number of carbonyl (C=O) groups excluding carboxylic acids is 1. The molecule has 140 valence electrons. The molecule has 7 heteroatoms. The molecule has 1 N–H and O–H groups in total. The molecule has 3 rings (SSSR count). The third-order valence-corrected chi connectivity index (χ3v) is 5.63. The van der Waals surface area contributed by atoms with Gasteiger partial charge < -0.3 is 5.32 Å². The number of hydrogen-bond acceptors (Lipinski definition) is 4. The number of para-hydroxylation sites is 1. The Balaban J connectivity index is 1.69. The van der Waals surface area contributed by atoms with Gasteiger partial charge in [0.1, 0.15) is 0 Å². The molecule has 5 nitrogen and oxygen atoms in total. The number of aromatic nitrogens is 2. The molecule has 0 aliphatic heterocycles. The van der Waals surface area contributed by atoms with E-state index in [9.17, 15) is 9.59 Å². The zero-order valence-electron chi connectivity index (χ0n) is 15.2. The van der Waals surface area contributed by atoms with Gasteiger partial charge in [0.15, 0.2) is 5.16 Å². The van der Waals surface area contributed by atoms with E-state index >= 15 is 0 Å². The Morgan fingerprint density at radius 3 is 2.78 bits per heavy atom. The largest absolute Gasteiger partial charge is 0.326 e. The van der Waals surface area contributed by atoms with Crippen LogP contribution >= 0.6 is 23.4 Å². The third kappa shape index (κ3) is 4.34. The average Bonchev–Trinajstić information content (AvgIpc) is 2.66. The summed E-state index contributed by atoms with van der Waals surface area (Å²) in [6.45, 7) is 4.31. The second kappa shape index (κ2) is 8.59. The molecular weight excluding hydrogens is 382 g/mol. The molecule has 0 aliphatic carbocycles. The Kier molecular flexibility index (Phi) is 6.19. The van der Waals surface area contributed by atoms with Crippen LogP contribution in [0.3, 0.4) is 0 Å². The minimum absolute atomic E-state index is 0.0513. The summed E-state index contributed by atoms with van der Waals surface area (Å²) in [5.74, 6) is 0.426. The summed E-state index contributed by atoms with van der Waals surface area (Å²) in [7, 11) is 0. The van der Waals surface area contributed by atoms with E-state index in [1.165, 1.54) is 11.8 Å². The maximum absolute atomic E-state index is 12.6. The second-order valence-electron chi connectivity index (χ2n) is 6.02. The van der Waals surface area contributed by atoms with Crippen LogP contribution in [0.2, 0.25) is 5.02 Å². The lowest BCUT2D eigenvalue weighted by atomic mass is 10.2. The molecule has 1 heterocycles. The molecule has 0 radical (unpaired) electrons. The molecule has 0 saturated carbocycles. The van der Waals surface area contributed by atoms with Crippen LogP contribution < -0.4 is 10.9 Å². The first-order chi connectivity index (χ1) is 13.0. The monoisotopic (exact) mass is 401 g/mol. The van der Waals surface area contributed by atoms with Gasteiger partial charge in [0.05, 0.1) is 10.9 Å². The average molecular weight is 402 g/mol. The number of rotatable bonds is 6. The second-order valence-corrected chi connectivity index (χ2v) is 7.49. The van der Waals surface area contributed by atoms with Crippen LogP contribution in [0.5, 0.6) is 0 Å². The first kappa shape index (κ1) is 19.5. The van der Waals surface area contributed by atoms with Crippen molar-refractivity contribution >= 4 is 45.9 Å². The molecule has 0 spiro atoms. The molecule has 1 aromatic heterocycles.